The van der Waals surface area contributed by atoms with E-state index in [1.54, 1.807) is 6.20 Å². The highest BCUT2D eigenvalue weighted by Crippen LogP contribution is 2.39. The topological polar surface area (TPSA) is 98.3 Å². The number of amides is 1. The van der Waals surface area contributed by atoms with Crippen molar-refractivity contribution < 1.29 is 13.9 Å². The summed E-state index contributed by atoms with van der Waals surface area (Å²) in [4.78, 5) is 18.5. The molecule has 1 saturated carbocycles. The lowest BCUT2D eigenvalue weighted by molar-refractivity contribution is -0.156. The van der Waals surface area contributed by atoms with Crippen molar-refractivity contribution in [3.05, 3.63) is 24.1 Å². The number of carbonyl (C=O) groups is 1. The molecular weight excluding hydrogens is 324 g/mol. The van der Waals surface area contributed by atoms with Crippen LogP contribution in [-0.2, 0) is 16.6 Å². The summed E-state index contributed by atoms with van der Waals surface area (Å²) >= 11 is 0. The van der Waals surface area contributed by atoms with Gasteiger partial charge in [-0.05, 0) is 19.8 Å². The average molecular weight is 346 g/mol. The fraction of sp³-hybridized carbons (Fsp3) is 0.625. The van der Waals surface area contributed by atoms with Crippen LogP contribution in [0.1, 0.15) is 43.4 Å². The maximum atomic E-state index is 12.2. The number of anilines is 1. The van der Waals surface area contributed by atoms with Crippen LogP contribution in [0.5, 0.6) is 0 Å². The molecule has 9 heteroatoms. The van der Waals surface area contributed by atoms with Crippen molar-refractivity contribution in [2.45, 2.75) is 37.8 Å². The normalized spacial score (nSPS) is 23.9. The summed E-state index contributed by atoms with van der Waals surface area (Å²) in [7, 11) is 1.92. The minimum Gasteiger partial charge on any atom is -0.408 e. The number of imidazole rings is 1. The van der Waals surface area contributed by atoms with Crippen molar-refractivity contribution in [1.29, 1.82) is 0 Å². The summed E-state index contributed by atoms with van der Waals surface area (Å²) in [5.74, 6) is 1.88. The van der Waals surface area contributed by atoms with Gasteiger partial charge in [0.2, 0.25) is 11.8 Å². The molecule has 134 valence electrons. The molecule has 0 unspecified atom stereocenters. The van der Waals surface area contributed by atoms with Crippen molar-refractivity contribution in [1.82, 2.24) is 24.6 Å². The monoisotopic (exact) mass is 346 g/mol. The number of likely N-dealkylation sites (N-methyl/N-ethyl adjacent to an activating group) is 1. The zero-order chi connectivity index (χ0) is 17.4. The third-order valence-corrected chi connectivity index (χ3v) is 4.71. The van der Waals surface area contributed by atoms with E-state index >= 15 is 0 Å². The van der Waals surface area contributed by atoms with Crippen LogP contribution < -0.4 is 5.32 Å². The van der Waals surface area contributed by atoms with Crippen molar-refractivity contribution in [2.75, 3.05) is 25.0 Å². The lowest BCUT2D eigenvalue weighted by atomic mass is 10.1. The molecule has 2 atom stereocenters. The lowest BCUT2D eigenvalue weighted by Gasteiger charge is -2.39. The molecule has 1 aliphatic carbocycles. The summed E-state index contributed by atoms with van der Waals surface area (Å²) in [5, 5.41) is 11.3. The van der Waals surface area contributed by atoms with Crippen molar-refractivity contribution in [2.24, 2.45) is 7.05 Å². The molecule has 2 aromatic heterocycles. The van der Waals surface area contributed by atoms with Gasteiger partial charge in [0.05, 0.1) is 0 Å². The zero-order valence-corrected chi connectivity index (χ0v) is 14.4. The minimum atomic E-state index is -0.260. The van der Waals surface area contributed by atoms with Gasteiger partial charge < -0.3 is 23.9 Å². The Balaban J connectivity index is 1.51. The molecule has 1 saturated heterocycles. The molecule has 0 spiro atoms. The van der Waals surface area contributed by atoms with E-state index in [2.05, 4.69) is 20.5 Å². The number of morpholine rings is 1. The molecule has 0 radical (unpaired) electrons. The summed E-state index contributed by atoms with van der Waals surface area (Å²) in [6, 6.07) is 0.133. The predicted octanol–water partition coefficient (Wildman–Crippen LogP) is 1.08. The molecule has 1 amide bonds. The van der Waals surface area contributed by atoms with Crippen LogP contribution in [0.4, 0.5) is 6.01 Å². The van der Waals surface area contributed by atoms with Crippen LogP contribution >= 0.6 is 0 Å². The molecule has 2 aliphatic rings. The van der Waals surface area contributed by atoms with Gasteiger partial charge in [-0.15, -0.1) is 5.10 Å². The number of aromatic nitrogens is 4. The van der Waals surface area contributed by atoms with E-state index in [4.69, 9.17) is 9.15 Å². The van der Waals surface area contributed by atoms with Crippen molar-refractivity contribution >= 4 is 11.9 Å². The quantitative estimate of drug-likeness (QED) is 0.835. The Labute approximate surface area is 145 Å². The molecule has 9 nitrogen and oxygen atoms in total. The Hall–Kier alpha value is -2.42. The van der Waals surface area contributed by atoms with Crippen LogP contribution in [0, 0.1) is 0 Å². The van der Waals surface area contributed by atoms with E-state index in [-0.39, 0.29) is 24.7 Å². The highest BCUT2D eigenvalue weighted by molar-refractivity contribution is 5.78. The van der Waals surface area contributed by atoms with Gasteiger partial charge in [0.1, 0.15) is 24.6 Å². The molecule has 1 aliphatic heterocycles. The second-order valence-corrected chi connectivity index (χ2v) is 6.47. The van der Waals surface area contributed by atoms with Crippen LogP contribution in [0.3, 0.4) is 0 Å². The number of hydrogen-bond acceptors (Lipinski definition) is 7. The van der Waals surface area contributed by atoms with Crippen LogP contribution in [0.25, 0.3) is 0 Å². The van der Waals surface area contributed by atoms with Crippen LogP contribution in [0.15, 0.2) is 16.8 Å². The van der Waals surface area contributed by atoms with E-state index in [9.17, 15) is 4.79 Å². The first kappa shape index (κ1) is 16.1. The molecule has 3 heterocycles. The largest absolute Gasteiger partial charge is 0.408 e. The molecule has 0 bridgehead atoms. The van der Waals surface area contributed by atoms with E-state index in [0.717, 1.165) is 18.7 Å². The molecular formula is C16H22N6O3. The number of hydrogen-bond donors (Lipinski definition) is 1. The number of rotatable bonds is 6. The third-order valence-electron chi connectivity index (χ3n) is 4.71. The van der Waals surface area contributed by atoms with Gasteiger partial charge in [0.25, 0.3) is 0 Å². The van der Waals surface area contributed by atoms with E-state index in [1.807, 2.05) is 29.6 Å². The zero-order valence-electron chi connectivity index (χ0n) is 14.4. The van der Waals surface area contributed by atoms with Gasteiger partial charge in [-0.25, -0.2) is 4.98 Å². The molecule has 2 aromatic rings. The first-order chi connectivity index (χ1) is 12.2. The summed E-state index contributed by atoms with van der Waals surface area (Å²) in [6.45, 7) is 3.08. The molecule has 4 rings (SSSR count). The maximum absolute atomic E-state index is 12.2. The first-order valence-corrected chi connectivity index (χ1v) is 8.63. The Kier molecular flexibility index (Phi) is 4.16. The Morgan fingerprint density at radius 1 is 1.36 bits per heavy atom. The second kappa shape index (κ2) is 6.47. The lowest BCUT2D eigenvalue weighted by Crippen LogP contribution is -2.51. The highest BCUT2D eigenvalue weighted by atomic mass is 16.5. The smallest absolute Gasteiger partial charge is 0.315 e. The number of nitrogens with one attached hydrogen (secondary N) is 1. The maximum Gasteiger partial charge on any atom is 0.315 e. The highest BCUT2D eigenvalue weighted by Gasteiger charge is 2.39. The van der Waals surface area contributed by atoms with Crippen molar-refractivity contribution in [3.8, 4) is 0 Å². The first-order valence-electron chi connectivity index (χ1n) is 8.63. The fourth-order valence-corrected chi connectivity index (χ4v) is 3.21. The van der Waals surface area contributed by atoms with Gasteiger partial charge >= 0.3 is 6.01 Å². The Bertz CT molecular complexity index is 753. The van der Waals surface area contributed by atoms with Gasteiger partial charge in [-0.1, -0.05) is 5.10 Å². The van der Waals surface area contributed by atoms with E-state index < -0.39 is 0 Å². The minimum absolute atomic E-state index is 0.0273. The molecule has 25 heavy (non-hydrogen) atoms. The molecule has 2 fully saturated rings. The number of ether oxygens (including phenoxy) is 1. The van der Waals surface area contributed by atoms with Crippen LogP contribution in [-0.4, -0.2) is 56.4 Å². The average Bonchev–Trinajstić information content (AvgIpc) is 3.21. The van der Waals surface area contributed by atoms with Gasteiger partial charge in [-0.3, -0.25) is 4.79 Å². The predicted molar refractivity (Wildman–Crippen MR) is 87.8 cm³/mol. The van der Waals surface area contributed by atoms with Crippen molar-refractivity contribution in [3.63, 3.8) is 0 Å². The summed E-state index contributed by atoms with van der Waals surface area (Å²) < 4.78 is 13.4. The number of carbonyl (C=O) groups excluding carboxylic acids is 1. The van der Waals surface area contributed by atoms with E-state index in [0.29, 0.717) is 30.9 Å². The number of aryl methyl sites for hydroxylation is 1. The summed E-state index contributed by atoms with van der Waals surface area (Å²) in [6.07, 6.45) is 5.57. The molecule has 1 N–H and O–H groups in total. The SMILES string of the molecule is CCN1C(=O)CO[C@@H](CNc2nnc(C3CC3)o2)[C@@H]1c1nccn1C. The fourth-order valence-electron chi connectivity index (χ4n) is 3.21. The molecule has 0 aromatic carbocycles. The van der Waals surface area contributed by atoms with E-state index in [1.165, 1.54) is 0 Å². The Morgan fingerprint density at radius 3 is 2.88 bits per heavy atom. The second-order valence-electron chi connectivity index (χ2n) is 6.47. The van der Waals surface area contributed by atoms with Crippen LogP contribution in [0.2, 0.25) is 0 Å². The Morgan fingerprint density at radius 2 is 2.20 bits per heavy atom. The van der Waals surface area contributed by atoms with Gasteiger partial charge in [0, 0.05) is 38.4 Å². The standard InChI is InChI=1S/C16H22N6O3/c1-3-22-12(23)9-24-11(13(22)14-17-6-7-21(14)2)8-18-16-20-19-15(25-16)10-4-5-10/h6-7,10-11,13H,3-5,8-9H2,1-2H3,(H,18,20)/t11-,13+/m0/s1. The third kappa shape index (κ3) is 3.11. The van der Waals surface area contributed by atoms with Gasteiger partial charge in [-0.2, -0.15) is 0 Å². The number of nitrogens with zero attached hydrogens (tertiary/aromatic N) is 5. The van der Waals surface area contributed by atoms with Gasteiger partial charge in [0.15, 0.2) is 0 Å². The summed E-state index contributed by atoms with van der Waals surface area (Å²) in [5.41, 5.74) is 0.